The van der Waals surface area contributed by atoms with Crippen molar-refractivity contribution in [3.63, 3.8) is 0 Å². The van der Waals surface area contributed by atoms with Crippen molar-refractivity contribution in [2.45, 2.75) is 38.4 Å². The molecular formula is C15H23NO2. The minimum Gasteiger partial charge on any atom is -0.393 e. The van der Waals surface area contributed by atoms with Crippen LogP contribution < -0.4 is 4.90 Å². The standard InChI is InChI=1S/C15H23NO2/c1-3-15(18)12-4-6-13(7-5-12)16(2)10-11-8-14(17)9-11/h4-7,11,14-15,17-18H,3,8-10H2,1-2H3. The maximum atomic E-state index is 9.74. The monoisotopic (exact) mass is 249 g/mol. The first-order valence-corrected chi connectivity index (χ1v) is 6.77. The number of aliphatic hydroxyl groups is 2. The van der Waals surface area contributed by atoms with Gasteiger partial charge in [-0.25, -0.2) is 0 Å². The van der Waals surface area contributed by atoms with Gasteiger partial charge in [0.1, 0.15) is 0 Å². The van der Waals surface area contributed by atoms with Gasteiger partial charge in [0.15, 0.2) is 0 Å². The van der Waals surface area contributed by atoms with Crippen LogP contribution in [0, 0.1) is 5.92 Å². The van der Waals surface area contributed by atoms with Crippen LogP contribution in [0.3, 0.4) is 0 Å². The fourth-order valence-electron chi connectivity index (χ4n) is 2.53. The fourth-order valence-corrected chi connectivity index (χ4v) is 2.53. The molecule has 0 aliphatic heterocycles. The fraction of sp³-hybridized carbons (Fsp3) is 0.600. The van der Waals surface area contributed by atoms with E-state index in [-0.39, 0.29) is 12.2 Å². The number of aliphatic hydroxyl groups excluding tert-OH is 2. The molecule has 100 valence electrons. The van der Waals surface area contributed by atoms with Gasteiger partial charge in [-0.15, -0.1) is 0 Å². The predicted molar refractivity (Wildman–Crippen MR) is 73.7 cm³/mol. The molecule has 0 heterocycles. The van der Waals surface area contributed by atoms with Crippen LogP contribution in [0.4, 0.5) is 5.69 Å². The largest absolute Gasteiger partial charge is 0.393 e. The quantitative estimate of drug-likeness (QED) is 0.842. The summed E-state index contributed by atoms with van der Waals surface area (Å²) in [6.45, 7) is 2.97. The van der Waals surface area contributed by atoms with Crippen LogP contribution >= 0.6 is 0 Å². The Kier molecular flexibility index (Phi) is 4.25. The van der Waals surface area contributed by atoms with E-state index in [0.29, 0.717) is 5.92 Å². The Balaban J connectivity index is 1.92. The second-order valence-corrected chi connectivity index (χ2v) is 5.39. The van der Waals surface area contributed by atoms with Gasteiger partial charge in [-0.2, -0.15) is 0 Å². The van der Waals surface area contributed by atoms with Crippen molar-refractivity contribution < 1.29 is 10.2 Å². The van der Waals surface area contributed by atoms with Crippen LogP contribution in [-0.2, 0) is 0 Å². The van der Waals surface area contributed by atoms with E-state index in [9.17, 15) is 10.2 Å². The molecule has 1 aromatic carbocycles. The molecule has 3 heteroatoms. The molecule has 1 atom stereocenters. The first-order valence-electron chi connectivity index (χ1n) is 6.77. The molecule has 0 aromatic heterocycles. The maximum absolute atomic E-state index is 9.74. The Hall–Kier alpha value is -1.06. The highest BCUT2D eigenvalue weighted by Gasteiger charge is 2.27. The number of anilines is 1. The second-order valence-electron chi connectivity index (χ2n) is 5.39. The summed E-state index contributed by atoms with van der Waals surface area (Å²) in [7, 11) is 2.08. The van der Waals surface area contributed by atoms with Crippen molar-refractivity contribution in [2.75, 3.05) is 18.5 Å². The van der Waals surface area contributed by atoms with Crippen molar-refractivity contribution in [2.24, 2.45) is 5.92 Å². The third kappa shape index (κ3) is 3.03. The summed E-state index contributed by atoms with van der Waals surface area (Å²) in [4.78, 5) is 2.22. The Morgan fingerprint density at radius 2 is 1.89 bits per heavy atom. The van der Waals surface area contributed by atoms with E-state index in [4.69, 9.17) is 0 Å². The Morgan fingerprint density at radius 3 is 2.39 bits per heavy atom. The van der Waals surface area contributed by atoms with Crippen molar-refractivity contribution in [1.82, 2.24) is 0 Å². The van der Waals surface area contributed by atoms with E-state index in [1.165, 1.54) is 5.69 Å². The van der Waals surface area contributed by atoms with E-state index in [1.54, 1.807) is 0 Å². The molecule has 1 aromatic rings. The molecule has 1 aliphatic rings. The van der Waals surface area contributed by atoms with Crippen LogP contribution in [0.2, 0.25) is 0 Å². The van der Waals surface area contributed by atoms with E-state index in [1.807, 2.05) is 19.1 Å². The van der Waals surface area contributed by atoms with Gasteiger partial charge in [-0.05, 0) is 42.9 Å². The molecule has 3 nitrogen and oxygen atoms in total. The van der Waals surface area contributed by atoms with Gasteiger partial charge >= 0.3 is 0 Å². The minimum atomic E-state index is -0.355. The zero-order valence-electron chi connectivity index (χ0n) is 11.2. The lowest BCUT2D eigenvalue weighted by molar-refractivity contribution is 0.0465. The molecular weight excluding hydrogens is 226 g/mol. The third-order valence-electron chi connectivity index (χ3n) is 3.85. The molecule has 1 fully saturated rings. The van der Waals surface area contributed by atoms with Crippen LogP contribution in [0.1, 0.15) is 37.9 Å². The lowest BCUT2D eigenvalue weighted by atomic mass is 9.82. The molecule has 18 heavy (non-hydrogen) atoms. The second kappa shape index (κ2) is 5.72. The van der Waals surface area contributed by atoms with E-state index < -0.39 is 0 Å². The first-order chi connectivity index (χ1) is 8.60. The van der Waals surface area contributed by atoms with E-state index >= 15 is 0 Å². The summed E-state index contributed by atoms with van der Waals surface area (Å²) in [6.07, 6.45) is 2.17. The van der Waals surface area contributed by atoms with Crippen LogP contribution in [0.15, 0.2) is 24.3 Å². The number of benzene rings is 1. The van der Waals surface area contributed by atoms with Crippen LogP contribution in [0.5, 0.6) is 0 Å². The lowest BCUT2D eigenvalue weighted by Gasteiger charge is -2.35. The summed E-state index contributed by atoms with van der Waals surface area (Å²) in [5.74, 6) is 0.617. The number of hydrogen-bond acceptors (Lipinski definition) is 3. The van der Waals surface area contributed by atoms with Gasteiger partial charge in [0.05, 0.1) is 12.2 Å². The molecule has 0 radical (unpaired) electrons. The molecule has 0 amide bonds. The highest BCUT2D eigenvalue weighted by atomic mass is 16.3. The zero-order chi connectivity index (χ0) is 13.1. The van der Waals surface area contributed by atoms with E-state index in [2.05, 4.69) is 24.1 Å². The molecule has 0 bridgehead atoms. The lowest BCUT2D eigenvalue weighted by Crippen LogP contribution is -2.37. The summed E-state index contributed by atoms with van der Waals surface area (Å²) >= 11 is 0. The average Bonchev–Trinajstić information content (AvgIpc) is 2.36. The van der Waals surface area contributed by atoms with Crippen molar-refractivity contribution in [3.05, 3.63) is 29.8 Å². The normalized spacial score (nSPS) is 24.4. The Morgan fingerprint density at radius 1 is 1.28 bits per heavy atom. The predicted octanol–water partition coefficient (Wildman–Crippen LogP) is 2.34. The minimum absolute atomic E-state index is 0.0783. The molecule has 2 N–H and O–H groups in total. The summed E-state index contributed by atoms with van der Waals surface area (Å²) < 4.78 is 0. The van der Waals surface area contributed by atoms with Crippen LogP contribution in [-0.4, -0.2) is 29.9 Å². The van der Waals surface area contributed by atoms with Crippen molar-refractivity contribution >= 4 is 5.69 Å². The van der Waals surface area contributed by atoms with Gasteiger partial charge in [0.2, 0.25) is 0 Å². The SMILES string of the molecule is CCC(O)c1ccc(N(C)CC2CC(O)C2)cc1. The summed E-state index contributed by atoms with van der Waals surface area (Å²) in [5, 5.41) is 19.0. The van der Waals surface area contributed by atoms with Gasteiger partial charge in [-0.1, -0.05) is 19.1 Å². The highest BCUT2D eigenvalue weighted by molar-refractivity contribution is 5.47. The zero-order valence-corrected chi connectivity index (χ0v) is 11.2. The Labute approximate surface area is 109 Å². The van der Waals surface area contributed by atoms with Crippen LogP contribution in [0.25, 0.3) is 0 Å². The maximum Gasteiger partial charge on any atom is 0.0787 e. The van der Waals surface area contributed by atoms with Crippen molar-refractivity contribution in [1.29, 1.82) is 0 Å². The number of hydrogen-bond donors (Lipinski definition) is 2. The van der Waals surface area contributed by atoms with Gasteiger partial charge in [0, 0.05) is 19.3 Å². The average molecular weight is 249 g/mol. The summed E-state index contributed by atoms with van der Waals surface area (Å²) in [6, 6.07) is 8.11. The molecule has 1 unspecified atom stereocenters. The van der Waals surface area contributed by atoms with Gasteiger partial charge in [0.25, 0.3) is 0 Å². The van der Waals surface area contributed by atoms with Gasteiger partial charge in [-0.3, -0.25) is 0 Å². The highest BCUT2D eigenvalue weighted by Crippen LogP contribution is 2.29. The van der Waals surface area contributed by atoms with Gasteiger partial charge < -0.3 is 15.1 Å². The topological polar surface area (TPSA) is 43.7 Å². The number of nitrogens with zero attached hydrogens (tertiary/aromatic N) is 1. The smallest absolute Gasteiger partial charge is 0.0787 e. The van der Waals surface area contributed by atoms with E-state index in [0.717, 1.165) is 31.4 Å². The van der Waals surface area contributed by atoms with Crippen molar-refractivity contribution in [3.8, 4) is 0 Å². The molecule has 0 saturated heterocycles. The molecule has 0 spiro atoms. The number of rotatable bonds is 5. The first kappa shape index (κ1) is 13.4. The molecule has 1 aliphatic carbocycles. The third-order valence-corrected chi connectivity index (χ3v) is 3.85. The molecule has 2 rings (SSSR count). The molecule has 1 saturated carbocycles. The summed E-state index contributed by atoms with van der Waals surface area (Å²) in [5.41, 5.74) is 2.15. The Bertz CT molecular complexity index is 371.